The van der Waals surface area contributed by atoms with Gasteiger partial charge in [-0.25, -0.2) is 4.39 Å². The molecule has 1 aromatic rings. The Labute approximate surface area is 95.2 Å². The third-order valence-electron chi connectivity index (χ3n) is 2.72. The summed E-state index contributed by atoms with van der Waals surface area (Å²) in [6.07, 6.45) is -0.00898. The SMILES string of the molecule is CN[C@@H]1COC(C)c2cc(F)ccc21.Cl. The van der Waals surface area contributed by atoms with Crippen molar-refractivity contribution in [1.82, 2.24) is 5.32 Å². The number of hydrogen-bond donors (Lipinski definition) is 1. The van der Waals surface area contributed by atoms with Gasteiger partial charge in [0.15, 0.2) is 0 Å². The predicted octanol–water partition coefficient (Wildman–Crippen LogP) is 2.60. The molecule has 15 heavy (non-hydrogen) atoms. The maximum atomic E-state index is 13.0. The zero-order chi connectivity index (χ0) is 10.1. The van der Waals surface area contributed by atoms with Gasteiger partial charge in [0.2, 0.25) is 0 Å². The van der Waals surface area contributed by atoms with Crippen LogP contribution in [0.5, 0.6) is 0 Å². The number of benzene rings is 1. The maximum Gasteiger partial charge on any atom is 0.123 e. The predicted molar refractivity (Wildman–Crippen MR) is 59.8 cm³/mol. The van der Waals surface area contributed by atoms with Crippen molar-refractivity contribution in [3.63, 3.8) is 0 Å². The van der Waals surface area contributed by atoms with Gasteiger partial charge in [-0.2, -0.15) is 0 Å². The van der Waals surface area contributed by atoms with Crippen LogP contribution < -0.4 is 5.32 Å². The first-order chi connectivity index (χ1) is 6.72. The lowest BCUT2D eigenvalue weighted by Crippen LogP contribution is -2.28. The molecule has 84 valence electrons. The van der Waals surface area contributed by atoms with Gasteiger partial charge in [-0.15, -0.1) is 12.4 Å². The number of rotatable bonds is 1. The first-order valence-electron chi connectivity index (χ1n) is 4.80. The second-order valence-corrected chi connectivity index (χ2v) is 3.59. The van der Waals surface area contributed by atoms with Gasteiger partial charge in [0, 0.05) is 0 Å². The lowest BCUT2D eigenvalue weighted by atomic mass is 9.95. The largest absolute Gasteiger partial charge is 0.372 e. The van der Waals surface area contributed by atoms with E-state index in [0.29, 0.717) is 6.61 Å². The summed E-state index contributed by atoms with van der Waals surface area (Å²) in [6.45, 7) is 2.60. The average molecular weight is 232 g/mol. The Morgan fingerprint density at radius 3 is 2.80 bits per heavy atom. The quantitative estimate of drug-likeness (QED) is 0.802. The molecular weight excluding hydrogens is 217 g/mol. The van der Waals surface area contributed by atoms with Crippen LogP contribution in [0.2, 0.25) is 0 Å². The molecule has 2 rings (SSSR count). The van der Waals surface area contributed by atoms with Crippen molar-refractivity contribution in [2.75, 3.05) is 13.7 Å². The molecule has 4 heteroatoms. The van der Waals surface area contributed by atoms with E-state index in [1.807, 2.05) is 20.0 Å². The van der Waals surface area contributed by atoms with Crippen LogP contribution in [0, 0.1) is 5.82 Å². The summed E-state index contributed by atoms with van der Waals surface area (Å²) in [5, 5.41) is 3.15. The van der Waals surface area contributed by atoms with Crippen LogP contribution in [0.4, 0.5) is 4.39 Å². The van der Waals surface area contributed by atoms with Crippen LogP contribution >= 0.6 is 12.4 Å². The topological polar surface area (TPSA) is 21.3 Å². The smallest absolute Gasteiger partial charge is 0.123 e. The van der Waals surface area contributed by atoms with Crippen LogP contribution in [0.3, 0.4) is 0 Å². The van der Waals surface area contributed by atoms with Crippen molar-refractivity contribution in [2.45, 2.75) is 19.1 Å². The van der Waals surface area contributed by atoms with E-state index in [1.54, 1.807) is 6.07 Å². The van der Waals surface area contributed by atoms with E-state index in [2.05, 4.69) is 5.32 Å². The minimum Gasteiger partial charge on any atom is -0.372 e. The molecule has 0 radical (unpaired) electrons. The van der Waals surface area contributed by atoms with Crippen LogP contribution in [-0.4, -0.2) is 13.7 Å². The molecule has 1 heterocycles. The molecule has 0 aliphatic carbocycles. The maximum absolute atomic E-state index is 13.0. The summed E-state index contributed by atoms with van der Waals surface area (Å²) in [5.74, 6) is -0.198. The summed E-state index contributed by atoms with van der Waals surface area (Å²) >= 11 is 0. The third kappa shape index (κ3) is 2.30. The highest BCUT2D eigenvalue weighted by molar-refractivity contribution is 5.85. The van der Waals surface area contributed by atoms with Crippen molar-refractivity contribution in [3.05, 3.63) is 35.1 Å². The van der Waals surface area contributed by atoms with Gasteiger partial charge < -0.3 is 10.1 Å². The second kappa shape index (κ2) is 4.92. The third-order valence-corrected chi connectivity index (χ3v) is 2.72. The number of fused-ring (bicyclic) bond motifs is 1. The molecule has 0 saturated heterocycles. The fourth-order valence-corrected chi connectivity index (χ4v) is 1.87. The van der Waals surface area contributed by atoms with Crippen LogP contribution in [0.15, 0.2) is 18.2 Å². The molecule has 0 bridgehead atoms. The lowest BCUT2D eigenvalue weighted by molar-refractivity contribution is 0.0343. The van der Waals surface area contributed by atoms with E-state index in [4.69, 9.17) is 4.74 Å². The highest BCUT2D eigenvalue weighted by atomic mass is 35.5. The molecule has 1 aromatic carbocycles. The van der Waals surface area contributed by atoms with Gasteiger partial charge in [-0.3, -0.25) is 0 Å². The monoisotopic (exact) mass is 231 g/mol. The molecule has 1 aliphatic rings. The number of hydrogen-bond acceptors (Lipinski definition) is 2. The fraction of sp³-hybridized carbons (Fsp3) is 0.455. The van der Waals surface area contributed by atoms with Gasteiger partial charge in [-0.1, -0.05) is 6.07 Å². The molecule has 0 saturated carbocycles. The van der Waals surface area contributed by atoms with Gasteiger partial charge in [-0.05, 0) is 37.2 Å². The Kier molecular flexibility index (Phi) is 4.08. The second-order valence-electron chi connectivity index (χ2n) is 3.59. The van der Waals surface area contributed by atoms with Gasteiger partial charge in [0.1, 0.15) is 5.82 Å². The molecule has 2 atom stereocenters. The molecule has 0 amide bonds. The molecule has 0 spiro atoms. The van der Waals surface area contributed by atoms with Crippen LogP contribution in [0.25, 0.3) is 0 Å². The highest BCUT2D eigenvalue weighted by Crippen LogP contribution is 2.32. The molecule has 1 unspecified atom stereocenters. The number of likely N-dealkylation sites (N-methyl/N-ethyl adjacent to an activating group) is 1. The molecule has 1 N–H and O–H groups in total. The Morgan fingerprint density at radius 1 is 1.40 bits per heavy atom. The molecule has 0 fully saturated rings. The minimum atomic E-state index is -0.198. The van der Waals surface area contributed by atoms with Gasteiger partial charge in [0.05, 0.1) is 18.8 Å². The zero-order valence-corrected chi connectivity index (χ0v) is 9.60. The van der Waals surface area contributed by atoms with Crippen LogP contribution in [-0.2, 0) is 4.74 Å². The van der Waals surface area contributed by atoms with E-state index in [9.17, 15) is 4.39 Å². The zero-order valence-electron chi connectivity index (χ0n) is 8.79. The summed E-state index contributed by atoms with van der Waals surface area (Å²) in [5.41, 5.74) is 2.10. The Hall–Kier alpha value is -0.640. The lowest BCUT2D eigenvalue weighted by Gasteiger charge is -2.29. The fourth-order valence-electron chi connectivity index (χ4n) is 1.87. The highest BCUT2D eigenvalue weighted by Gasteiger charge is 2.24. The summed E-state index contributed by atoms with van der Waals surface area (Å²) in [4.78, 5) is 0. The van der Waals surface area contributed by atoms with Crippen molar-refractivity contribution >= 4 is 12.4 Å². The van der Waals surface area contributed by atoms with Crippen molar-refractivity contribution in [2.24, 2.45) is 0 Å². The van der Waals surface area contributed by atoms with Crippen molar-refractivity contribution < 1.29 is 9.13 Å². The van der Waals surface area contributed by atoms with Gasteiger partial charge in [0.25, 0.3) is 0 Å². The van der Waals surface area contributed by atoms with Crippen molar-refractivity contribution in [3.8, 4) is 0 Å². The standard InChI is InChI=1S/C11H14FNO.ClH/c1-7-10-5-8(12)3-4-9(10)11(13-2)6-14-7;/h3-5,7,11,13H,6H2,1-2H3;1H/t7?,11-;/m1./s1. The molecule has 0 aromatic heterocycles. The van der Waals surface area contributed by atoms with Crippen LogP contribution in [0.1, 0.15) is 30.2 Å². The first kappa shape index (κ1) is 12.4. The van der Waals surface area contributed by atoms with E-state index in [-0.39, 0.29) is 30.4 Å². The average Bonchev–Trinajstić information content (AvgIpc) is 2.19. The number of ether oxygens (including phenoxy) is 1. The Morgan fingerprint density at radius 2 is 2.13 bits per heavy atom. The number of halogens is 2. The van der Waals surface area contributed by atoms with E-state index >= 15 is 0 Å². The Bertz CT molecular complexity index is 345. The summed E-state index contributed by atoms with van der Waals surface area (Å²) < 4.78 is 18.6. The molecule has 2 nitrogen and oxygen atoms in total. The number of nitrogens with one attached hydrogen (secondary N) is 1. The molecule has 1 aliphatic heterocycles. The van der Waals surface area contributed by atoms with E-state index < -0.39 is 0 Å². The summed E-state index contributed by atoms with van der Waals surface area (Å²) in [6, 6.07) is 5.08. The van der Waals surface area contributed by atoms with Crippen molar-refractivity contribution in [1.29, 1.82) is 0 Å². The minimum absolute atomic E-state index is 0. The Balaban J connectivity index is 0.00000112. The summed E-state index contributed by atoms with van der Waals surface area (Å²) in [7, 11) is 1.89. The molecular formula is C11H15ClFNO. The normalized spacial score (nSPS) is 24.2. The first-order valence-corrected chi connectivity index (χ1v) is 4.80. The van der Waals surface area contributed by atoms with Gasteiger partial charge >= 0.3 is 0 Å². The van der Waals surface area contributed by atoms with E-state index in [0.717, 1.165) is 11.1 Å². The van der Waals surface area contributed by atoms with E-state index in [1.165, 1.54) is 6.07 Å².